The molecule has 0 saturated heterocycles. The predicted octanol–water partition coefficient (Wildman–Crippen LogP) is 1.05. The minimum Gasteiger partial charge on any atom is -0.398 e. The van der Waals surface area contributed by atoms with E-state index in [4.69, 9.17) is 5.73 Å². The van der Waals surface area contributed by atoms with Crippen LogP contribution in [0.15, 0.2) is 23.4 Å². The third-order valence-corrected chi connectivity index (χ3v) is 4.98. The molecule has 1 heterocycles. The number of rotatable bonds is 4. The lowest BCUT2D eigenvalue weighted by Gasteiger charge is -2.15. The number of nitrogens with two attached hydrogens (primary N) is 1. The summed E-state index contributed by atoms with van der Waals surface area (Å²) in [5, 5.41) is 7.65. The third-order valence-electron chi connectivity index (χ3n) is 3.46. The van der Waals surface area contributed by atoms with E-state index in [0.717, 1.165) is 11.1 Å². The highest BCUT2D eigenvalue weighted by Gasteiger charge is 2.22. The molecule has 1 atom stereocenters. The molecule has 0 amide bonds. The van der Waals surface area contributed by atoms with Crippen LogP contribution in [-0.4, -0.2) is 23.2 Å². The zero-order valence-electron chi connectivity index (χ0n) is 12.5. The van der Waals surface area contributed by atoms with Crippen molar-refractivity contribution in [2.75, 3.05) is 5.73 Å². The Hall–Kier alpha value is -1.93. The minimum atomic E-state index is -3.68. The number of nitrogens with one attached hydrogen (secondary N) is 1. The molecule has 0 radical (unpaired) electrons. The Morgan fingerprint density at radius 2 is 2.00 bits per heavy atom. The monoisotopic (exact) mass is 309 g/mol. The molecule has 0 bridgehead atoms. The van der Waals surface area contributed by atoms with Crippen LogP contribution in [-0.2, 0) is 17.1 Å². The van der Waals surface area contributed by atoms with Crippen LogP contribution < -0.4 is 10.5 Å². The van der Waals surface area contributed by atoms with Crippen molar-refractivity contribution in [3.8, 4) is 0 Å². The Balaban J connectivity index is 2.33. The van der Waals surface area contributed by atoms with Crippen molar-refractivity contribution < 1.29 is 8.42 Å². The van der Waals surface area contributed by atoms with E-state index < -0.39 is 16.1 Å². The van der Waals surface area contributed by atoms with Gasteiger partial charge in [-0.15, -0.1) is 10.2 Å². The lowest BCUT2D eigenvalue weighted by molar-refractivity contribution is 0.553. The van der Waals surface area contributed by atoms with Crippen LogP contribution in [0.2, 0.25) is 0 Å². The molecule has 0 aliphatic rings. The summed E-state index contributed by atoms with van der Waals surface area (Å²) < 4.78 is 29.1. The van der Waals surface area contributed by atoms with Gasteiger partial charge in [-0.1, -0.05) is 0 Å². The highest BCUT2D eigenvalue weighted by Crippen LogP contribution is 2.22. The molecule has 0 aliphatic carbocycles. The van der Waals surface area contributed by atoms with Crippen LogP contribution in [0.5, 0.6) is 0 Å². The largest absolute Gasteiger partial charge is 0.398 e. The van der Waals surface area contributed by atoms with E-state index in [2.05, 4.69) is 14.9 Å². The molecule has 1 aromatic carbocycles. The highest BCUT2D eigenvalue weighted by atomic mass is 32.2. The first kappa shape index (κ1) is 15.5. The molecule has 0 aliphatic heterocycles. The Morgan fingerprint density at radius 1 is 1.33 bits per heavy atom. The maximum absolute atomic E-state index is 12.4. The lowest BCUT2D eigenvalue weighted by Crippen LogP contribution is -2.28. The van der Waals surface area contributed by atoms with E-state index in [-0.39, 0.29) is 4.90 Å². The fraction of sp³-hybridized carbons (Fsp3) is 0.385. The first-order valence-corrected chi connectivity index (χ1v) is 7.93. The number of nitrogen functional groups attached to an aromatic ring is 1. The molecule has 114 valence electrons. The van der Waals surface area contributed by atoms with Crippen LogP contribution in [0.4, 0.5) is 5.69 Å². The second-order valence-corrected chi connectivity index (χ2v) is 6.81. The summed E-state index contributed by atoms with van der Waals surface area (Å²) in [4.78, 5) is 0.150. The molecule has 0 saturated carbocycles. The molecule has 0 spiro atoms. The van der Waals surface area contributed by atoms with E-state index in [1.54, 1.807) is 24.6 Å². The smallest absolute Gasteiger partial charge is 0.241 e. The van der Waals surface area contributed by atoms with Crippen molar-refractivity contribution in [3.63, 3.8) is 0 Å². The summed E-state index contributed by atoms with van der Waals surface area (Å²) in [6.07, 6.45) is 1.52. The SMILES string of the molecule is Cc1cc(S(=O)(=O)NC(C)c2nncn2C)cc(N)c1C. The highest BCUT2D eigenvalue weighted by molar-refractivity contribution is 7.89. The molecular weight excluding hydrogens is 290 g/mol. The number of sulfonamides is 1. The van der Waals surface area contributed by atoms with Gasteiger partial charge in [-0.2, -0.15) is 0 Å². The third kappa shape index (κ3) is 3.06. The topological polar surface area (TPSA) is 103 Å². The van der Waals surface area contributed by atoms with Gasteiger partial charge in [0.2, 0.25) is 10.0 Å². The molecule has 8 heteroatoms. The molecule has 21 heavy (non-hydrogen) atoms. The second-order valence-electron chi connectivity index (χ2n) is 5.10. The standard InChI is InChI=1S/C13H19N5O2S/c1-8-5-11(6-12(14)9(8)2)21(19,20)17-10(3)13-16-15-7-18(13)4/h5-7,10,17H,14H2,1-4H3. The van der Waals surface area contributed by atoms with Crippen LogP contribution in [0.1, 0.15) is 29.9 Å². The number of aryl methyl sites for hydroxylation is 2. The number of nitrogens with zero attached hydrogens (tertiary/aromatic N) is 3. The zero-order chi connectivity index (χ0) is 15.8. The van der Waals surface area contributed by atoms with Crippen molar-refractivity contribution >= 4 is 15.7 Å². The van der Waals surface area contributed by atoms with Gasteiger partial charge in [-0.25, -0.2) is 13.1 Å². The summed E-state index contributed by atoms with van der Waals surface area (Å²) in [7, 11) is -1.92. The van der Waals surface area contributed by atoms with Gasteiger partial charge in [-0.3, -0.25) is 0 Å². The van der Waals surface area contributed by atoms with Crippen LogP contribution >= 0.6 is 0 Å². The van der Waals surface area contributed by atoms with Crippen molar-refractivity contribution in [2.24, 2.45) is 7.05 Å². The average molecular weight is 309 g/mol. The lowest BCUT2D eigenvalue weighted by atomic mass is 10.1. The summed E-state index contributed by atoms with van der Waals surface area (Å²) in [5.74, 6) is 0.537. The predicted molar refractivity (Wildman–Crippen MR) is 80.1 cm³/mol. The van der Waals surface area contributed by atoms with E-state index in [0.29, 0.717) is 11.5 Å². The van der Waals surface area contributed by atoms with Crippen molar-refractivity contribution in [2.45, 2.75) is 31.7 Å². The molecule has 0 fully saturated rings. The van der Waals surface area contributed by atoms with Crippen LogP contribution in [0.25, 0.3) is 0 Å². The van der Waals surface area contributed by atoms with Gasteiger partial charge in [0.1, 0.15) is 12.2 Å². The summed E-state index contributed by atoms with van der Waals surface area (Å²) in [6, 6.07) is 2.58. The van der Waals surface area contributed by atoms with E-state index in [1.165, 1.54) is 12.4 Å². The Bertz CT molecular complexity index is 744. The van der Waals surface area contributed by atoms with Gasteiger partial charge in [0.05, 0.1) is 10.9 Å². The number of aromatic nitrogens is 3. The summed E-state index contributed by atoms with van der Waals surface area (Å²) in [6.45, 7) is 5.40. The Morgan fingerprint density at radius 3 is 2.52 bits per heavy atom. The molecular formula is C13H19N5O2S. The van der Waals surface area contributed by atoms with E-state index in [1.807, 2.05) is 13.8 Å². The quantitative estimate of drug-likeness (QED) is 0.822. The van der Waals surface area contributed by atoms with Crippen LogP contribution in [0.3, 0.4) is 0 Å². The number of hydrogen-bond donors (Lipinski definition) is 2. The Kier molecular flexibility index (Phi) is 4.02. The van der Waals surface area contributed by atoms with Crippen molar-refractivity contribution in [1.82, 2.24) is 19.5 Å². The van der Waals surface area contributed by atoms with Gasteiger partial charge in [0.15, 0.2) is 0 Å². The first-order valence-electron chi connectivity index (χ1n) is 6.45. The van der Waals surface area contributed by atoms with E-state index in [9.17, 15) is 8.42 Å². The van der Waals surface area contributed by atoms with Gasteiger partial charge in [0.25, 0.3) is 0 Å². The average Bonchev–Trinajstić information content (AvgIpc) is 2.81. The molecule has 2 aromatic rings. The number of hydrogen-bond acceptors (Lipinski definition) is 5. The first-order chi connectivity index (χ1) is 9.72. The second kappa shape index (κ2) is 5.45. The Labute approximate surface area is 124 Å². The molecule has 1 unspecified atom stereocenters. The number of anilines is 1. The molecule has 2 rings (SSSR count). The van der Waals surface area contributed by atoms with Crippen molar-refractivity contribution in [1.29, 1.82) is 0 Å². The molecule has 7 nitrogen and oxygen atoms in total. The zero-order valence-corrected chi connectivity index (χ0v) is 13.3. The van der Waals surface area contributed by atoms with Gasteiger partial charge < -0.3 is 10.3 Å². The summed E-state index contributed by atoms with van der Waals surface area (Å²) in [5.41, 5.74) is 8.03. The van der Waals surface area contributed by atoms with Gasteiger partial charge in [-0.05, 0) is 44.0 Å². The van der Waals surface area contributed by atoms with E-state index >= 15 is 0 Å². The van der Waals surface area contributed by atoms with Crippen LogP contribution in [0, 0.1) is 13.8 Å². The fourth-order valence-electron chi connectivity index (χ4n) is 2.05. The molecule has 3 N–H and O–H groups in total. The fourth-order valence-corrected chi connectivity index (χ4v) is 3.37. The number of benzene rings is 1. The maximum atomic E-state index is 12.4. The van der Waals surface area contributed by atoms with Gasteiger partial charge >= 0.3 is 0 Å². The summed E-state index contributed by atoms with van der Waals surface area (Å²) >= 11 is 0. The maximum Gasteiger partial charge on any atom is 0.241 e. The minimum absolute atomic E-state index is 0.150. The van der Waals surface area contributed by atoms with Gasteiger partial charge in [0, 0.05) is 12.7 Å². The van der Waals surface area contributed by atoms with Crippen molar-refractivity contribution in [3.05, 3.63) is 35.4 Å². The normalized spacial score (nSPS) is 13.3. The molecule has 1 aromatic heterocycles.